The monoisotopic (exact) mass is 219 g/mol. The van der Waals surface area contributed by atoms with Crippen LogP contribution in [-0.4, -0.2) is 19.3 Å². The lowest BCUT2D eigenvalue weighted by atomic mass is 9.97. The van der Waals surface area contributed by atoms with Crippen LogP contribution in [0.25, 0.3) is 0 Å². The molecule has 0 unspecified atom stereocenters. The second-order valence-corrected chi connectivity index (χ2v) is 3.92. The number of methoxy groups -OCH3 is 2. The fourth-order valence-corrected chi connectivity index (χ4v) is 1.76. The van der Waals surface area contributed by atoms with Crippen molar-refractivity contribution in [2.45, 2.75) is 18.3 Å². The van der Waals surface area contributed by atoms with Crippen molar-refractivity contribution in [3.63, 3.8) is 0 Å². The summed E-state index contributed by atoms with van der Waals surface area (Å²) < 4.78 is 10.1. The van der Waals surface area contributed by atoms with E-state index in [0.29, 0.717) is 11.5 Å². The van der Waals surface area contributed by atoms with Crippen LogP contribution in [-0.2, 0) is 5.41 Å². The third-order valence-electron chi connectivity index (χ3n) is 3.00. The number of benzene rings is 1. The summed E-state index contributed by atoms with van der Waals surface area (Å²) in [6.45, 7) is 0. The van der Waals surface area contributed by atoms with Gasteiger partial charge in [-0.25, -0.2) is 0 Å². The van der Waals surface area contributed by atoms with Gasteiger partial charge < -0.3 is 14.6 Å². The lowest BCUT2D eigenvalue weighted by Gasteiger charge is -2.13. The Morgan fingerprint density at radius 1 is 1.25 bits per heavy atom. The van der Waals surface area contributed by atoms with Crippen LogP contribution in [0.3, 0.4) is 0 Å². The van der Waals surface area contributed by atoms with Crippen molar-refractivity contribution in [3.05, 3.63) is 17.7 Å². The molecule has 1 saturated carbocycles. The molecule has 1 N–H and O–H groups in total. The molecule has 0 spiro atoms. The Kier molecular flexibility index (Phi) is 2.39. The molecule has 2 rings (SSSR count). The van der Waals surface area contributed by atoms with Gasteiger partial charge in [-0.3, -0.25) is 0 Å². The van der Waals surface area contributed by atoms with Crippen LogP contribution in [0.4, 0.5) is 0 Å². The van der Waals surface area contributed by atoms with Crippen LogP contribution < -0.4 is 9.47 Å². The molecule has 1 aromatic carbocycles. The van der Waals surface area contributed by atoms with Crippen LogP contribution in [0.5, 0.6) is 17.2 Å². The van der Waals surface area contributed by atoms with Crippen molar-refractivity contribution in [1.29, 1.82) is 5.26 Å². The predicted octanol–water partition coefficient (Wildman–Crippen LogP) is 1.96. The number of nitriles is 1. The van der Waals surface area contributed by atoms with Gasteiger partial charge in [0.25, 0.3) is 0 Å². The van der Waals surface area contributed by atoms with E-state index in [2.05, 4.69) is 6.07 Å². The van der Waals surface area contributed by atoms with Crippen LogP contribution in [0.2, 0.25) is 0 Å². The molecule has 0 radical (unpaired) electrons. The van der Waals surface area contributed by atoms with Gasteiger partial charge in [-0.15, -0.1) is 0 Å². The molecule has 0 bridgehead atoms. The highest BCUT2D eigenvalue weighted by Gasteiger charge is 2.45. The van der Waals surface area contributed by atoms with Gasteiger partial charge in [0, 0.05) is 0 Å². The lowest BCUT2D eigenvalue weighted by Crippen LogP contribution is -2.03. The number of rotatable bonds is 3. The fourth-order valence-electron chi connectivity index (χ4n) is 1.76. The standard InChI is InChI=1S/C12H13NO3/c1-15-9-5-8(12(7-13)3-4-12)6-10(16-2)11(9)14/h5-6,14H,3-4H2,1-2H3. The minimum absolute atomic E-state index is 0.0255. The maximum absolute atomic E-state index is 9.74. The number of phenols is 1. The van der Waals surface area contributed by atoms with Crippen LogP contribution in [0.1, 0.15) is 18.4 Å². The molecule has 16 heavy (non-hydrogen) atoms. The van der Waals surface area contributed by atoms with E-state index in [1.807, 2.05) is 0 Å². The SMILES string of the molecule is COc1cc(C2(C#N)CC2)cc(OC)c1O. The molecule has 1 aliphatic rings. The van der Waals surface area contributed by atoms with E-state index in [9.17, 15) is 5.11 Å². The summed E-state index contributed by atoms with van der Waals surface area (Å²) >= 11 is 0. The van der Waals surface area contributed by atoms with Gasteiger partial charge in [-0.05, 0) is 30.5 Å². The van der Waals surface area contributed by atoms with E-state index in [1.54, 1.807) is 12.1 Å². The van der Waals surface area contributed by atoms with E-state index in [4.69, 9.17) is 14.7 Å². The number of phenolic OH excluding ortho intramolecular Hbond substituents is 1. The summed E-state index contributed by atoms with van der Waals surface area (Å²) in [7, 11) is 2.95. The van der Waals surface area contributed by atoms with Gasteiger partial charge in [0.2, 0.25) is 5.75 Å². The van der Waals surface area contributed by atoms with Gasteiger partial charge >= 0.3 is 0 Å². The van der Waals surface area contributed by atoms with Crippen molar-refractivity contribution in [3.8, 4) is 23.3 Å². The Bertz CT molecular complexity index is 433. The summed E-state index contributed by atoms with van der Waals surface area (Å²) in [4.78, 5) is 0. The number of ether oxygens (including phenoxy) is 2. The Labute approximate surface area is 94.0 Å². The molecule has 84 valence electrons. The Balaban J connectivity index is 2.53. The van der Waals surface area contributed by atoms with Gasteiger partial charge in [0.15, 0.2) is 11.5 Å². The number of aromatic hydroxyl groups is 1. The topological polar surface area (TPSA) is 62.5 Å². The minimum atomic E-state index is -0.408. The molecule has 0 aliphatic heterocycles. The zero-order valence-electron chi connectivity index (χ0n) is 9.28. The molecule has 0 aromatic heterocycles. The molecule has 0 heterocycles. The number of nitrogens with zero attached hydrogens (tertiary/aromatic N) is 1. The number of hydrogen-bond acceptors (Lipinski definition) is 4. The van der Waals surface area contributed by atoms with E-state index in [1.165, 1.54) is 14.2 Å². The summed E-state index contributed by atoms with van der Waals surface area (Å²) in [5.41, 5.74) is 0.440. The summed E-state index contributed by atoms with van der Waals surface area (Å²) in [6, 6.07) is 5.70. The molecule has 1 aromatic rings. The molecule has 4 nitrogen and oxygen atoms in total. The maximum atomic E-state index is 9.74. The molecule has 0 saturated heterocycles. The van der Waals surface area contributed by atoms with Crippen molar-refractivity contribution in [1.82, 2.24) is 0 Å². The maximum Gasteiger partial charge on any atom is 0.200 e. The molecule has 1 aliphatic carbocycles. The van der Waals surface area contributed by atoms with Gasteiger partial charge in [-0.2, -0.15) is 5.26 Å². The van der Waals surface area contributed by atoms with Crippen LogP contribution in [0.15, 0.2) is 12.1 Å². The predicted molar refractivity (Wildman–Crippen MR) is 57.7 cm³/mol. The first-order chi connectivity index (χ1) is 7.66. The summed E-state index contributed by atoms with van der Waals surface area (Å²) in [6.07, 6.45) is 1.70. The van der Waals surface area contributed by atoms with E-state index in [0.717, 1.165) is 18.4 Å². The first-order valence-electron chi connectivity index (χ1n) is 5.03. The molecular formula is C12H13NO3. The highest BCUT2D eigenvalue weighted by Crippen LogP contribution is 2.51. The van der Waals surface area contributed by atoms with Crippen LogP contribution in [0, 0.1) is 11.3 Å². The van der Waals surface area contributed by atoms with Crippen molar-refractivity contribution < 1.29 is 14.6 Å². The first kappa shape index (κ1) is 10.6. The Hall–Kier alpha value is -1.89. The average Bonchev–Trinajstić information content (AvgIpc) is 3.10. The zero-order valence-corrected chi connectivity index (χ0v) is 9.28. The van der Waals surface area contributed by atoms with Gasteiger partial charge in [-0.1, -0.05) is 0 Å². The largest absolute Gasteiger partial charge is 0.502 e. The third-order valence-corrected chi connectivity index (χ3v) is 3.00. The highest BCUT2D eigenvalue weighted by atomic mass is 16.5. The van der Waals surface area contributed by atoms with Crippen molar-refractivity contribution >= 4 is 0 Å². The third kappa shape index (κ3) is 1.45. The van der Waals surface area contributed by atoms with Gasteiger partial charge in [0.1, 0.15) is 0 Å². The second kappa shape index (κ2) is 3.60. The van der Waals surface area contributed by atoms with E-state index >= 15 is 0 Å². The second-order valence-electron chi connectivity index (χ2n) is 3.92. The summed E-state index contributed by atoms with van der Waals surface area (Å²) in [5, 5.41) is 18.9. The molecule has 1 fully saturated rings. The Morgan fingerprint density at radius 3 is 2.06 bits per heavy atom. The van der Waals surface area contributed by atoms with Crippen molar-refractivity contribution in [2.24, 2.45) is 0 Å². The average molecular weight is 219 g/mol. The minimum Gasteiger partial charge on any atom is -0.502 e. The molecule has 0 atom stereocenters. The number of hydrogen-bond donors (Lipinski definition) is 1. The smallest absolute Gasteiger partial charge is 0.200 e. The molecule has 0 amide bonds. The zero-order chi connectivity index (χ0) is 11.8. The lowest BCUT2D eigenvalue weighted by molar-refractivity contribution is 0.339. The fraction of sp³-hybridized carbons (Fsp3) is 0.417. The van der Waals surface area contributed by atoms with Crippen molar-refractivity contribution in [2.75, 3.05) is 14.2 Å². The van der Waals surface area contributed by atoms with Gasteiger partial charge in [0.05, 0.1) is 25.7 Å². The molecular weight excluding hydrogens is 206 g/mol. The first-order valence-corrected chi connectivity index (χ1v) is 5.03. The highest BCUT2D eigenvalue weighted by molar-refractivity contribution is 5.56. The normalized spacial score (nSPS) is 16.3. The molecule has 4 heteroatoms. The summed E-state index contributed by atoms with van der Waals surface area (Å²) in [5.74, 6) is 0.661. The van der Waals surface area contributed by atoms with Crippen LogP contribution >= 0.6 is 0 Å². The quantitative estimate of drug-likeness (QED) is 0.844. The van der Waals surface area contributed by atoms with E-state index < -0.39 is 5.41 Å². The van der Waals surface area contributed by atoms with E-state index in [-0.39, 0.29) is 5.75 Å². The Morgan fingerprint density at radius 2 is 1.75 bits per heavy atom.